The van der Waals surface area contributed by atoms with Crippen LogP contribution in [0.1, 0.15) is 28.5 Å². The monoisotopic (exact) mass is 293 g/mol. The third kappa shape index (κ3) is 2.72. The van der Waals surface area contributed by atoms with Crippen molar-refractivity contribution >= 4 is 16.8 Å². The molecule has 112 valence electrons. The summed E-state index contributed by atoms with van der Waals surface area (Å²) in [5, 5.41) is 7.94. The highest BCUT2D eigenvalue weighted by Crippen LogP contribution is 2.17. The van der Waals surface area contributed by atoms with E-state index >= 15 is 0 Å². The predicted octanol–water partition coefficient (Wildman–Crippen LogP) is 3.40. The van der Waals surface area contributed by atoms with Crippen molar-refractivity contribution in [3.05, 3.63) is 65.4 Å². The van der Waals surface area contributed by atoms with Crippen LogP contribution >= 0.6 is 0 Å². The van der Waals surface area contributed by atoms with E-state index in [1.807, 2.05) is 24.3 Å². The van der Waals surface area contributed by atoms with Crippen LogP contribution in [0, 0.1) is 0 Å². The Morgan fingerprint density at radius 1 is 1.09 bits per heavy atom. The van der Waals surface area contributed by atoms with Crippen molar-refractivity contribution in [2.24, 2.45) is 0 Å². The molecule has 2 aromatic carbocycles. The quantitative estimate of drug-likeness (QED) is 0.801. The lowest BCUT2D eigenvalue weighted by Gasteiger charge is -2.16. The molecule has 0 unspecified atom stereocenters. The molecule has 22 heavy (non-hydrogen) atoms. The van der Waals surface area contributed by atoms with Gasteiger partial charge in [0.25, 0.3) is 5.91 Å². The highest BCUT2D eigenvalue weighted by molar-refractivity contribution is 6.04. The Kier molecular flexibility index (Phi) is 3.92. The molecule has 0 radical (unpaired) electrons. The minimum absolute atomic E-state index is 0.0722. The number of nitrogens with one attached hydrogen (secondary N) is 1. The summed E-state index contributed by atoms with van der Waals surface area (Å²) < 4.78 is 0. The number of amides is 1. The van der Waals surface area contributed by atoms with Crippen LogP contribution in [-0.2, 0) is 13.0 Å². The van der Waals surface area contributed by atoms with Crippen LogP contribution in [0.3, 0.4) is 0 Å². The molecule has 0 aliphatic rings. The van der Waals surface area contributed by atoms with Gasteiger partial charge in [0.1, 0.15) is 0 Å². The summed E-state index contributed by atoms with van der Waals surface area (Å²) in [6.07, 6.45) is 1.02. The van der Waals surface area contributed by atoms with Crippen LogP contribution in [0.25, 0.3) is 10.9 Å². The van der Waals surface area contributed by atoms with Crippen molar-refractivity contribution in [2.75, 3.05) is 7.05 Å². The second-order valence-corrected chi connectivity index (χ2v) is 5.45. The van der Waals surface area contributed by atoms with Crippen molar-refractivity contribution in [1.29, 1.82) is 0 Å². The molecule has 0 saturated heterocycles. The molecule has 1 amide bonds. The molecule has 1 N–H and O–H groups in total. The third-order valence-electron chi connectivity index (χ3n) is 3.87. The van der Waals surface area contributed by atoms with Crippen molar-refractivity contribution < 1.29 is 4.79 Å². The van der Waals surface area contributed by atoms with Gasteiger partial charge in [-0.2, -0.15) is 5.10 Å². The van der Waals surface area contributed by atoms with Crippen LogP contribution in [-0.4, -0.2) is 28.1 Å². The molecule has 0 bridgehead atoms. The zero-order valence-electron chi connectivity index (χ0n) is 12.8. The Balaban J connectivity index is 1.79. The average Bonchev–Trinajstić information content (AvgIpc) is 2.99. The van der Waals surface area contributed by atoms with Crippen LogP contribution in [0.2, 0.25) is 0 Å². The average molecular weight is 293 g/mol. The first-order valence-corrected chi connectivity index (χ1v) is 7.45. The van der Waals surface area contributed by atoms with E-state index in [1.54, 1.807) is 11.9 Å². The minimum Gasteiger partial charge on any atom is -0.336 e. The van der Waals surface area contributed by atoms with Gasteiger partial charge in [0.15, 0.2) is 5.69 Å². The number of aryl methyl sites for hydroxylation is 1. The van der Waals surface area contributed by atoms with Gasteiger partial charge in [-0.15, -0.1) is 0 Å². The fourth-order valence-corrected chi connectivity index (χ4v) is 2.53. The standard InChI is InChI=1S/C18H19N3O/c1-3-13-8-10-14(11-9-13)12-21(2)18(22)17-15-6-4-5-7-16(15)19-20-17/h4-11H,3,12H2,1-2H3,(H,19,20). The largest absolute Gasteiger partial charge is 0.336 e. The number of nitrogens with zero attached hydrogens (tertiary/aromatic N) is 2. The third-order valence-corrected chi connectivity index (χ3v) is 3.87. The molecule has 4 heteroatoms. The highest BCUT2D eigenvalue weighted by Gasteiger charge is 2.18. The number of hydrogen-bond acceptors (Lipinski definition) is 2. The molecule has 0 fully saturated rings. The number of fused-ring (bicyclic) bond motifs is 1. The summed E-state index contributed by atoms with van der Waals surface area (Å²) in [4.78, 5) is 14.3. The summed E-state index contributed by atoms with van der Waals surface area (Å²) >= 11 is 0. The highest BCUT2D eigenvalue weighted by atomic mass is 16.2. The first-order chi connectivity index (χ1) is 10.7. The van der Waals surface area contributed by atoms with Crippen molar-refractivity contribution in [2.45, 2.75) is 19.9 Å². The number of benzene rings is 2. The van der Waals surface area contributed by atoms with E-state index in [2.05, 4.69) is 41.4 Å². The normalized spacial score (nSPS) is 10.8. The fourth-order valence-electron chi connectivity index (χ4n) is 2.53. The molecular weight excluding hydrogens is 274 g/mol. The maximum Gasteiger partial charge on any atom is 0.275 e. The lowest BCUT2D eigenvalue weighted by atomic mass is 10.1. The molecule has 0 saturated carbocycles. The molecule has 4 nitrogen and oxygen atoms in total. The maximum absolute atomic E-state index is 12.6. The van der Waals surface area contributed by atoms with E-state index in [0.29, 0.717) is 12.2 Å². The summed E-state index contributed by atoms with van der Waals surface area (Å²) in [5.41, 5.74) is 3.78. The van der Waals surface area contributed by atoms with Gasteiger partial charge < -0.3 is 4.90 Å². The van der Waals surface area contributed by atoms with E-state index in [4.69, 9.17) is 0 Å². The number of aromatic amines is 1. The Hall–Kier alpha value is -2.62. The van der Waals surface area contributed by atoms with Gasteiger partial charge in [-0.3, -0.25) is 9.89 Å². The Morgan fingerprint density at radius 2 is 1.77 bits per heavy atom. The lowest BCUT2D eigenvalue weighted by Crippen LogP contribution is -2.26. The fraction of sp³-hybridized carbons (Fsp3) is 0.222. The van der Waals surface area contributed by atoms with Crippen LogP contribution < -0.4 is 0 Å². The molecule has 1 heterocycles. The maximum atomic E-state index is 12.6. The van der Waals surface area contributed by atoms with E-state index in [0.717, 1.165) is 22.9 Å². The van der Waals surface area contributed by atoms with Gasteiger partial charge in [0.05, 0.1) is 5.52 Å². The van der Waals surface area contributed by atoms with E-state index in [-0.39, 0.29) is 5.91 Å². The second kappa shape index (κ2) is 6.02. The second-order valence-electron chi connectivity index (χ2n) is 5.45. The van der Waals surface area contributed by atoms with Gasteiger partial charge in [0.2, 0.25) is 0 Å². The van der Waals surface area contributed by atoms with Gasteiger partial charge in [-0.25, -0.2) is 0 Å². The van der Waals surface area contributed by atoms with Gasteiger partial charge in [-0.05, 0) is 23.6 Å². The van der Waals surface area contributed by atoms with Gasteiger partial charge >= 0.3 is 0 Å². The lowest BCUT2D eigenvalue weighted by molar-refractivity contribution is 0.0781. The molecule has 0 atom stereocenters. The molecule has 3 rings (SSSR count). The van der Waals surface area contributed by atoms with E-state index in [9.17, 15) is 4.79 Å². The number of aromatic nitrogens is 2. The molecule has 0 aliphatic carbocycles. The predicted molar refractivity (Wildman–Crippen MR) is 87.7 cm³/mol. The number of carbonyl (C=O) groups excluding carboxylic acids is 1. The number of para-hydroxylation sites is 1. The topological polar surface area (TPSA) is 49.0 Å². The van der Waals surface area contributed by atoms with E-state index < -0.39 is 0 Å². The SMILES string of the molecule is CCc1ccc(CN(C)C(=O)c2n[nH]c3ccccc23)cc1. The van der Waals surface area contributed by atoms with Gasteiger partial charge in [0, 0.05) is 19.0 Å². The number of carbonyl (C=O) groups is 1. The van der Waals surface area contributed by atoms with Crippen molar-refractivity contribution in [3.63, 3.8) is 0 Å². The summed E-state index contributed by atoms with van der Waals surface area (Å²) in [5.74, 6) is -0.0722. The Labute approximate surface area is 129 Å². The Morgan fingerprint density at radius 3 is 2.50 bits per heavy atom. The zero-order chi connectivity index (χ0) is 15.5. The molecule has 0 spiro atoms. The summed E-state index contributed by atoms with van der Waals surface area (Å²) in [7, 11) is 1.81. The van der Waals surface area contributed by atoms with Crippen LogP contribution in [0.15, 0.2) is 48.5 Å². The number of rotatable bonds is 4. The smallest absolute Gasteiger partial charge is 0.275 e. The molecule has 1 aromatic heterocycles. The zero-order valence-corrected chi connectivity index (χ0v) is 12.8. The Bertz CT molecular complexity index is 789. The minimum atomic E-state index is -0.0722. The summed E-state index contributed by atoms with van der Waals surface area (Å²) in [6.45, 7) is 2.71. The van der Waals surface area contributed by atoms with E-state index in [1.165, 1.54) is 5.56 Å². The van der Waals surface area contributed by atoms with Crippen molar-refractivity contribution in [1.82, 2.24) is 15.1 Å². The van der Waals surface area contributed by atoms with Crippen LogP contribution in [0.5, 0.6) is 0 Å². The first-order valence-electron chi connectivity index (χ1n) is 7.45. The van der Waals surface area contributed by atoms with Gasteiger partial charge in [-0.1, -0.05) is 49.4 Å². The number of H-pyrrole nitrogens is 1. The van der Waals surface area contributed by atoms with Crippen LogP contribution in [0.4, 0.5) is 0 Å². The number of hydrogen-bond donors (Lipinski definition) is 1. The molecular formula is C18H19N3O. The molecule has 3 aromatic rings. The molecule has 0 aliphatic heterocycles. The summed E-state index contributed by atoms with van der Waals surface area (Å²) in [6, 6.07) is 16.0. The van der Waals surface area contributed by atoms with Crippen molar-refractivity contribution in [3.8, 4) is 0 Å². The first kappa shape index (κ1) is 14.3.